The van der Waals surface area contributed by atoms with Gasteiger partial charge in [0, 0.05) is 37.7 Å². The van der Waals surface area contributed by atoms with E-state index in [-0.39, 0.29) is 17.9 Å². The van der Waals surface area contributed by atoms with Crippen LogP contribution < -0.4 is 10.1 Å². The van der Waals surface area contributed by atoms with Gasteiger partial charge in [-0.05, 0) is 68.5 Å². The van der Waals surface area contributed by atoms with Crippen LogP contribution in [-0.4, -0.2) is 71.8 Å². The van der Waals surface area contributed by atoms with Gasteiger partial charge in [0.2, 0.25) is 11.8 Å². The lowest BCUT2D eigenvalue weighted by molar-refractivity contribution is -0.129. The maximum Gasteiger partial charge on any atom is 0.247 e. The molecule has 0 aromatic heterocycles. The summed E-state index contributed by atoms with van der Waals surface area (Å²) in [6, 6.07) is 5.98. The number of hydrogen-bond donors (Lipinski definition) is 2. The first-order valence-electron chi connectivity index (χ1n) is 12.2. The van der Waals surface area contributed by atoms with Crippen molar-refractivity contribution < 1.29 is 19.4 Å². The van der Waals surface area contributed by atoms with Crippen molar-refractivity contribution in [3.63, 3.8) is 0 Å². The average Bonchev–Trinajstić information content (AvgIpc) is 3.13. The highest BCUT2D eigenvalue weighted by Crippen LogP contribution is 2.51. The number of carbonyl (C=O) groups excluding carboxylic acids is 2. The highest BCUT2D eigenvalue weighted by Gasteiger charge is 2.50. The Balaban J connectivity index is 1.48. The molecule has 0 radical (unpaired) electrons. The van der Waals surface area contributed by atoms with Crippen LogP contribution >= 0.6 is 0 Å². The molecule has 3 aliphatic heterocycles. The number of ether oxygens (including phenoxy) is 1. The molecule has 1 spiro atoms. The van der Waals surface area contributed by atoms with Crippen molar-refractivity contribution in [2.75, 3.05) is 32.8 Å². The molecule has 2 amide bonds. The lowest BCUT2D eigenvalue weighted by atomic mass is 9.67. The Morgan fingerprint density at radius 3 is 2.85 bits per heavy atom. The number of rotatable bonds is 0. The topological polar surface area (TPSA) is 82.1 Å². The normalized spacial score (nSPS) is 34.3. The van der Waals surface area contributed by atoms with Gasteiger partial charge in [0.25, 0.3) is 0 Å². The minimum atomic E-state index is -0.446. The van der Waals surface area contributed by atoms with Crippen molar-refractivity contribution in [1.29, 1.82) is 0 Å². The third kappa shape index (κ3) is 4.57. The predicted octanol–water partition coefficient (Wildman–Crippen LogP) is 2.20. The Kier molecular flexibility index (Phi) is 6.25. The number of fused-ring (bicyclic) bond motifs is 3. The van der Waals surface area contributed by atoms with E-state index < -0.39 is 11.5 Å². The second-order valence-electron chi connectivity index (χ2n) is 9.71. The molecule has 3 heterocycles. The zero-order valence-electron chi connectivity index (χ0n) is 19.0. The monoisotopic (exact) mass is 451 g/mol. The first-order chi connectivity index (χ1) is 16.0. The lowest BCUT2D eigenvalue weighted by Gasteiger charge is -2.38. The molecule has 7 nitrogen and oxygen atoms in total. The summed E-state index contributed by atoms with van der Waals surface area (Å²) in [5.74, 6) is 0.747. The molecule has 4 atom stereocenters. The number of hydrogen-bond acceptors (Lipinski definition) is 5. The van der Waals surface area contributed by atoms with Crippen molar-refractivity contribution in [2.24, 2.45) is 0 Å². The average molecular weight is 452 g/mol. The zero-order chi connectivity index (χ0) is 22.8. The van der Waals surface area contributed by atoms with Gasteiger partial charge in [-0.3, -0.25) is 14.5 Å². The summed E-state index contributed by atoms with van der Waals surface area (Å²) in [6.07, 6.45) is 11.3. The number of aliphatic hydroxyl groups excluding tert-OH is 1. The van der Waals surface area contributed by atoms with Gasteiger partial charge in [0.15, 0.2) is 0 Å². The molecule has 4 aliphatic rings. The smallest absolute Gasteiger partial charge is 0.247 e. The number of aliphatic hydroxyl groups is 1. The van der Waals surface area contributed by atoms with E-state index in [0.29, 0.717) is 32.5 Å². The molecule has 33 heavy (non-hydrogen) atoms. The third-order valence-corrected chi connectivity index (χ3v) is 7.46. The van der Waals surface area contributed by atoms with E-state index in [2.05, 4.69) is 16.3 Å². The van der Waals surface area contributed by atoms with Gasteiger partial charge in [-0.2, -0.15) is 0 Å². The maximum atomic E-state index is 12.9. The molecule has 5 rings (SSSR count). The van der Waals surface area contributed by atoms with E-state index in [9.17, 15) is 14.7 Å². The van der Waals surface area contributed by atoms with E-state index >= 15 is 0 Å². The molecule has 1 saturated carbocycles. The SMILES string of the molecule is O=C1/C=C/C23CCC(O)CC2Oc2ccc(cc23)/C=C/C(=O)N2CCCN(CCCCN1)C2. The van der Waals surface area contributed by atoms with Crippen LogP contribution in [0.3, 0.4) is 0 Å². The van der Waals surface area contributed by atoms with Gasteiger partial charge < -0.3 is 20.1 Å². The van der Waals surface area contributed by atoms with Gasteiger partial charge >= 0.3 is 0 Å². The molecule has 2 N–H and O–H groups in total. The summed E-state index contributed by atoms with van der Waals surface area (Å²) in [5, 5.41) is 13.3. The summed E-state index contributed by atoms with van der Waals surface area (Å²) in [5.41, 5.74) is 1.52. The highest BCUT2D eigenvalue weighted by atomic mass is 16.5. The number of benzene rings is 1. The molecule has 4 unspecified atom stereocenters. The fraction of sp³-hybridized carbons (Fsp3) is 0.538. The number of carbonyl (C=O) groups is 2. The summed E-state index contributed by atoms with van der Waals surface area (Å²) >= 11 is 0. The van der Waals surface area contributed by atoms with E-state index in [1.807, 2.05) is 29.2 Å². The summed E-state index contributed by atoms with van der Waals surface area (Å²) in [4.78, 5) is 29.6. The zero-order valence-corrected chi connectivity index (χ0v) is 19.0. The summed E-state index contributed by atoms with van der Waals surface area (Å²) in [6.45, 7) is 4.00. The fourth-order valence-electron chi connectivity index (χ4n) is 5.61. The minimum Gasteiger partial charge on any atom is -0.489 e. The van der Waals surface area contributed by atoms with E-state index in [4.69, 9.17) is 4.74 Å². The highest BCUT2D eigenvalue weighted by molar-refractivity contribution is 5.92. The third-order valence-electron chi connectivity index (χ3n) is 7.46. The molecule has 1 aromatic rings. The first-order valence-corrected chi connectivity index (χ1v) is 12.2. The second-order valence-corrected chi connectivity index (χ2v) is 9.71. The largest absolute Gasteiger partial charge is 0.489 e. The lowest BCUT2D eigenvalue weighted by Crippen LogP contribution is -2.47. The van der Waals surface area contributed by atoms with Gasteiger partial charge in [-0.1, -0.05) is 12.1 Å². The molecular formula is C26H33N3O4. The Morgan fingerprint density at radius 1 is 1.06 bits per heavy atom. The molecule has 4 bridgehead atoms. The van der Waals surface area contributed by atoms with Crippen molar-refractivity contribution in [3.05, 3.63) is 47.6 Å². The van der Waals surface area contributed by atoms with Crippen LogP contribution in [0.5, 0.6) is 5.75 Å². The second kappa shape index (κ2) is 9.31. The van der Waals surface area contributed by atoms with Gasteiger partial charge in [-0.25, -0.2) is 0 Å². The van der Waals surface area contributed by atoms with Crippen LogP contribution in [0.15, 0.2) is 36.4 Å². The molecule has 1 aromatic carbocycles. The number of nitrogens with zero attached hydrogens (tertiary/aromatic N) is 2. The van der Waals surface area contributed by atoms with Crippen LogP contribution in [0.4, 0.5) is 0 Å². The molecule has 2 fully saturated rings. The molecule has 1 saturated heterocycles. The number of amides is 2. The predicted molar refractivity (Wildman–Crippen MR) is 126 cm³/mol. The van der Waals surface area contributed by atoms with E-state index in [1.54, 1.807) is 12.2 Å². The molecule has 7 heteroatoms. The summed E-state index contributed by atoms with van der Waals surface area (Å²) in [7, 11) is 0. The van der Waals surface area contributed by atoms with Gasteiger partial charge in [0.05, 0.1) is 18.2 Å². The van der Waals surface area contributed by atoms with Gasteiger partial charge in [-0.15, -0.1) is 0 Å². The molecule has 1 aliphatic carbocycles. The Labute approximate surface area is 195 Å². The van der Waals surface area contributed by atoms with E-state index in [0.717, 1.165) is 55.8 Å². The molecule has 176 valence electrons. The van der Waals surface area contributed by atoms with Gasteiger partial charge in [0.1, 0.15) is 11.9 Å². The Bertz CT molecular complexity index is 974. The maximum absolute atomic E-state index is 12.9. The Morgan fingerprint density at radius 2 is 1.94 bits per heavy atom. The van der Waals surface area contributed by atoms with Crippen molar-refractivity contribution >= 4 is 17.9 Å². The number of nitrogens with one attached hydrogen (secondary N) is 1. The van der Waals surface area contributed by atoms with Crippen LogP contribution in [0, 0.1) is 0 Å². The van der Waals surface area contributed by atoms with Crippen LogP contribution in [-0.2, 0) is 15.0 Å². The van der Waals surface area contributed by atoms with Crippen molar-refractivity contribution in [2.45, 2.75) is 56.1 Å². The van der Waals surface area contributed by atoms with Crippen LogP contribution in [0.1, 0.15) is 49.7 Å². The fourth-order valence-corrected chi connectivity index (χ4v) is 5.61. The molecular weight excluding hydrogens is 418 g/mol. The van der Waals surface area contributed by atoms with Crippen LogP contribution in [0.2, 0.25) is 0 Å². The Hall–Kier alpha value is -2.64. The quantitative estimate of drug-likeness (QED) is 0.632. The summed E-state index contributed by atoms with van der Waals surface area (Å²) < 4.78 is 6.25. The van der Waals surface area contributed by atoms with Crippen molar-refractivity contribution in [3.8, 4) is 5.75 Å². The van der Waals surface area contributed by atoms with Crippen molar-refractivity contribution in [1.82, 2.24) is 15.1 Å². The minimum absolute atomic E-state index is 0.0399. The van der Waals surface area contributed by atoms with Crippen LogP contribution in [0.25, 0.3) is 6.08 Å². The van der Waals surface area contributed by atoms with E-state index in [1.165, 1.54) is 0 Å². The first kappa shape index (κ1) is 22.2. The standard InChI is InChI=1S/C26H33N3O4/c30-20-8-10-26-11-9-24(31)27-12-1-2-13-28-14-3-15-29(18-28)25(32)7-5-19-4-6-22(21(26)16-19)33-23(26)17-20/h4-7,9,11,16,20,23,30H,1-3,8,10,12-15,17-18H2,(H,27,31)/b7-5+,11-9+.